The van der Waals surface area contributed by atoms with Gasteiger partial charge in [-0.15, -0.1) is 0 Å². The quantitative estimate of drug-likeness (QED) is 0.646. The van der Waals surface area contributed by atoms with Crippen molar-refractivity contribution < 1.29 is 14.6 Å². The zero-order valence-electron chi connectivity index (χ0n) is 14.2. The van der Waals surface area contributed by atoms with Crippen LogP contribution in [0.4, 0.5) is 0 Å². The van der Waals surface area contributed by atoms with Crippen LogP contribution >= 0.6 is 0 Å². The number of ether oxygens (including phenoxy) is 1. The standard InChI is InChI=1S/C19H23N3O3/c1-25-17-9-5-3-7-14(17)15-12-18(22-21-15)20-19(24)11-10-13-6-2-4-8-16(13)23/h2-9,15,18,21-23H,10-12H2,1H3,(H,20,24). The topological polar surface area (TPSA) is 82.6 Å². The lowest BCUT2D eigenvalue weighted by Gasteiger charge is -2.14. The lowest BCUT2D eigenvalue weighted by atomic mass is 10.0. The zero-order chi connectivity index (χ0) is 17.6. The Balaban J connectivity index is 1.51. The van der Waals surface area contributed by atoms with Gasteiger partial charge in [-0.3, -0.25) is 4.79 Å². The average molecular weight is 341 g/mol. The number of hydrazine groups is 1. The smallest absolute Gasteiger partial charge is 0.221 e. The summed E-state index contributed by atoms with van der Waals surface area (Å²) in [6.45, 7) is 0. The van der Waals surface area contributed by atoms with E-state index < -0.39 is 0 Å². The van der Waals surface area contributed by atoms with Crippen molar-refractivity contribution in [2.24, 2.45) is 0 Å². The minimum atomic E-state index is -0.146. The van der Waals surface area contributed by atoms with Gasteiger partial charge in [0.05, 0.1) is 19.3 Å². The number of benzene rings is 2. The molecule has 1 heterocycles. The fourth-order valence-electron chi connectivity index (χ4n) is 3.05. The number of aromatic hydroxyl groups is 1. The molecule has 1 aliphatic rings. The first-order chi connectivity index (χ1) is 12.2. The molecular formula is C19H23N3O3. The number of hydrogen-bond donors (Lipinski definition) is 4. The Kier molecular flexibility index (Phi) is 5.53. The normalized spacial score (nSPS) is 19.6. The summed E-state index contributed by atoms with van der Waals surface area (Å²) < 4.78 is 5.39. The number of carbonyl (C=O) groups is 1. The lowest BCUT2D eigenvalue weighted by Crippen LogP contribution is -2.44. The summed E-state index contributed by atoms with van der Waals surface area (Å²) in [5, 5.41) is 12.7. The molecule has 132 valence electrons. The number of methoxy groups -OCH3 is 1. The van der Waals surface area contributed by atoms with Crippen LogP contribution in [0, 0.1) is 0 Å². The average Bonchev–Trinajstić information content (AvgIpc) is 3.09. The molecule has 6 nitrogen and oxygen atoms in total. The predicted octanol–water partition coefficient (Wildman–Crippen LogP) is 2.01. The van der Waals surface area contributed by atoms with Crippen molar-refractivity contribution in [1.29, 1.82) is 0 Å². The van der Waals surface area contributed by atoms with Crippen molar-refractivity contribution in [3.63, 3.8) is 0 Å². The molecule has 0 bridgehead atoms. The molecule has 2 unspecified atom stereocenters. The van der Waals surface area contributed by atoms with E-state index in [9.17, 15) is 9.90 Å². The molecule has 0 aliphatic carbocycles. The van der Waals surface area contributed by atoms with Gasteiger partial charge in [0.2, 0.25) is 5.91 Å². The van der Waals surface area contributed by atoms with E-state index in [4.69, 9.17) is 4.74 Å². The Morgan fingerprint density at radius 1 is 1.20 bits per heavy atom. The van der Waals surface area contributed by atoms with Crippen LogP contribution in [0.2, 0.25) is 0 Å². The van der Waals surface area contributed by atoms with Crippen molar-refractivity contribution in [2.45, 2.75) is 31.5 Å². The van der Waals surface area contributed by atoms with Gasteiger partial charge in [0.1, 0.15) is 11.5 Å². The van der Waals surface area contributed by atoms with Gasteiger partial charge in [0.15, 0.2) is 0 Å². The first kappa shape index (κ1) is 17.3. The molecule has 1 aliphatic heterocycles. The number of hydrogen-bond acceptors (Lipinski definition) is 5. The van der Waals surface area contributed by atoms with Crippen LogP contribution in [-0.2, 0) is 11.2 Å². The minimum Gasteiger partial charge on any atom is -0.508 e. The minimum absolute atomic E-state index is 0.0526. The zero-order valence-corrected chi connectivity index (χ0v) is 14.2. The summed E-state index contributed by atoms with van der Waals surface area (Å²) in [6, 6.07) is 15.0. The van der Waals surface area contributed by atoms with Crippen LogP contribution in [0.15, 0.2) is 48.5 Å². The number of aryl methyl sites for hydroxylation is 1. The number of amides is 1. The number of phenols is 1. The van der Waals surface area contributed by atoms with Crippen LogP contribution in [0.3, 0.4) is 0 Å². The van der Waals surface area contributed by atoms with Crippen molar-refractivity contribution in [3.8, 4) is 11.5 Å². The third kappa shape index (κ3) is 4.29. The highest BCUT2D eigenvalue weighted by Gasteiger charge is 2.27. The monoisotopic (exact) mass is 341 g/mol. The molecule has 25 heavy (non-hydrogen) atoms. The van der Waals surface area contributed by atoms with Gasteiger partial charge >= 0.3 is 0 Å². The van der Waals surface area contributed by atoms with Crippen LogP contribution in [-0.4, -0.2) is 24.3 Å². The van der Waals surface area contributed by atoms with E-state index in [0.29, 0.717) is 12.8 Å². The van der Waals surface area contributed by atoms with Crippen molar-refractivity contribution in [2.75, 3.05) is 7.11 Å². The van der Waals surface area contributed by atoms with Crippen molar-refractivity contribution in [3.05, 3.63) is 59.7 Å². The Labute approximate surface area is 147 Å². The number of nitrogens with one attached hydrogen (secondary N) is 3. The lowest BCUT2D eigenvalue weighted by molar-refractivity contribution is -0.121. The molecule has 1 fully saturated rings. The first-order valence-corrected chi connectivity index (χ1v) is 8.37. The second-order valence-corrected chi connectivity index (χ2v) is 6.07. The Morgan fingerprint density at radius 2 is 1.96 bits per heavy atom. The Morgan fingerprint density at radius 3 is 2.76 bits per heavy atom. The molecule has 0 spiro atoms. The number of carbonyl (C=O) groups excluding carboxylic acids is 1. The van der Waals surface area contributed by atoms with Gasteiger partial charge in [0, 0.05) is 18.4 Å². The van der Waals surface area contributed by atoms with Gasteiger partial charge < -0.3 is 15.2 Å². The van der Waals surface area contributed by atoms with E-state index in [2.05, 4.69) is 16.2 Å². The van der Waals surface area contributed by atoms with E-state index >= 15 is 0 Å². The third-order valence-electron chi connectivity index (χ3n) is 4.37. The molecule has 6 heteroatoms. The number of rotatable bonds is 6. The van der Waals surface area contributed by atoms with E-state index in [1.54, 1.807) is 19.2 Å². The number of para-hydroxylation sites is 2. The molecule has 0 saturated carbocycles. The summed E-state index contributed by atoms with van der Waals surface area (Å²) in [5.74, 6) is 1.00. The summed E-state index contributed by atoms with van der Waals surface area (Å²) in [7, 11) is 1.65. The predicted molar refractivity (Wildman–Crippen MR) is 95.0 cm³/mol. The fourth-order valence-corrected chi connectivity index (χ4v) is 3.05. The summed E-state index contributed by atoms with van der Waals surface area (Å²) in [6.07, 6.45) is 1.42. The molecule has 1 amide bonds. The molecular weight excluding hydrogens is 318 g/mol. The summed E-state index contributed by atoms with van der Waals surface area (Å²) in [5.41, 5.74) is 8.15. The van der Waals surface area contributed by atoms with Crippen LogP contribution < -0.4 is 20.9 Å². The Hall–Kier alpha value is -2.57. The SMILES string of the molecule is COc1ccccc1C1CC(NC(=O)CCc2ccccc2O)NN1. The fraction of sp³-hybridized carbons (Fsp3) is 0.316. The molecule has 2 aromatic carbocycles. The summed E-state index contributed by atoms with van der Waals surface area (Å²) in [4.78, 5) is 12.2. The van der Waals surface area contributed by atoms with Crippen molar-refractivity contribution >= 4 is 5.91 Å². The van der Waals surface area contributed by atoms with Crippen molar-refractivity contribution in [1.82, 2.24) is 16.2 Å². The molecule has 4 N–H and O–H groups in total. The first-order valence-electron chi connectivity index (χ1n) is 8.37. The maximum Gasteiger partial charge on any atom is 0.221 e. The van der Waals surface area contributed by atoms with E-state index in [1.807, 2.05) is 36.4 Å². The second-order valence-electron chi connectivity index (χ2n) is 6.07. The molecule has 2 aromatic rings. The van der Waals surface area contributed by atoms with Crippen LogP contribution in [0.5, 0.6) is 11.5 Å². The summed E-state index contributed by atoms with van der Waals surface area (Å²) >= 11 is 0. The molecule has 3 rings (SSSR count). The van der Waals surface area contributed by atoms with Gasteiger partial charge in [-0.1, -0.05) is 36.4 Å². The van der Waals surface area contributed by atoms with Gasteiger partial charge in [-0.05, 0) is 24.1 Å². The Bertz CT molecular complexity index is 735. The van der Waals surface area contributed by atoms with Crippen LogP contribution in [0.1, 0.15) is 30.0 Å². The molecule has 1 saturated heterocycles. The second kappa shape index (κ2) is 8.00. The molecule has 2 atom stereocenters. The maximum absolute atomic E-state index is 12.2. The van der Waals surface area contributed by atoms with E-state index in [0.717, 1.165) is 23.3 Å². The van der Waals surface area contributed by atoms with Crippen LogP contribution in [0.25, 0.3) is 0 Å². The third-order valence-corrected chi connectivity index (χ3v) is 4.37. The van der Waals surface area contributed by atoms with Gasteiger partial charge in [-0.2, -0.15) is 0 Å². The molecule has 0 aromatic heterocycles. The van der Waals surface area contributed by atoms with Gasteiger partial charge in [0.25, 0.3) is 0 Å². The molecule has 0 radical (unpaired) electrons. The maximum atomic E-state index is 12.2. The van der Waals surface area contributed by atoms with Gasteiger partial charge in [-0.25, -0.2) is 10.9 Å². The highest BCUT2D eigenvalue weighted by atomic mass is 16.5. The number of phenolic OH excluding ortho intramolecular Hbond substituents is 1. The van der Waals surface area contributed by atoms with E-state index in [-0.39, 0.29) is 23.9 Å². The highest BCUT2D eigenvalue weighted by molar-refractivity contribution is 5.76. The van der Waals surface area contributed by atoms with E-state index in [1.165, 1.54) is 0 Å². The largest absolute Gasteiger partial charge is 0.508 e. The highest BCUT2D eigenvalue weighted by Crippen LogP contribution is 2.29.